The van der Waals surface area contributed by atoms with Crippen LogP contribution in [0.1, 0.15) is 27.7 Å². The summed E-state index contributed by atoms with van der Waals surface area (Å²) >= 11 is 7.10. The van der Waals surface area contributed by atoms with E-state index in [1.165, 1.54) is 16.9 Å². The molecule has 1 heterocycles. The van der Waals surface area contributed by atoms with Gasteiger partial charge in [-0.05, 0) is 35.8 Å². The number of thiophene rings is 1. The molecular weight excluding hydrogens is 264 g/mol. The van der Waals surface area contributed by atoms with Crippen molar-refractivity contribution in [3.05, 3.63) is 62.8 Å². The Balaban J connectivity index is 2.08. The standard InChI is InChI=1S/C15H13ClOS/c1-2-11-3-5-12(6-4-11)7-8-13(17)14-9-10-15(16)18-14/h3-10H,2H2,1H3/b8-7+. The van der Waals surface area contributed by atoms with Gasteiger partial charge < -0.3 is 0 Å². The van der Waals surface area contributed by atoms with Gasteiger partial charge in [0.05, 0.1) is 9.21 Å². The molecule has 0 saturated carbocycles. The summed E-state index contributed by atoms with van der Waals surface area (Å²) in [6, 6.07) is 11.7. The van der Waals surface area contributed by atoms with Crippen LogP contribution < -0.4 is 0 Å². The maximum atomic E-state index is 11.8. The minimum Gasteiger partial charge on any atom is -0.288 e. The number of rotatable bonds is 4. The third kappa shape index (κ3) is 3.31. The maximum absolute atomic E-state index is 11.8. The molecule has 92 valence electrons. The summed E-state index contributed by atoms with van der Waals surface area (Å²) in [6.07, 6.45) is 4.44. The van der Waals surface area contributed by atoms with Crippen LogP contribution in [0.2, 0.25) is 4.34 Å². The fourth-order valence-electron chi connectivity index (χ4n) is 1.57. The van der Waals surface area contributed by atoms with Crippen LogP contribution in [0.3, 0.4) is 0 Å². The molecule has 0 amide bonds. The fraction of sp³-hybridized carbons (Fsp3) is 0.133. The Morgan fingerprint density at radius 3 is 2.50 bits per heavy atom. The SMILES string of the molecule is CCc1ccc(/C=C/C(=O)c2ccc(Cl)s2)cc1. The summed E-state index contributed by atoms with van der Waals surface area (Å²) in [5, 5.41) is 0. The highest BCUT2D eigenvalue weighted by atomic mass is 35.5. The first-order valence-corrected chi connectivity index (χ1v) is 6.95. The van der Waals surface area contributed by atoms with Crippen LogP contribution in [0.4, 0.5) is 0 Å². The van der Waals surface area contributed by atoms with E-state index >= 15 is 0 Å². The zero-order valence-electron chi connectivity index (χ0n) is 10.0. The number of hydrogen-bond acceptors (Lipinski definition) is 2. The number of halogens is 1. The highest BCUT2D eigenvalue weighted by Crippen LogP contribution is 2.22. The molecule has 0 saturated heterocycles. The van der Waals surface area contributed by atoms with Gasteiger partial charge in [0.25, 0.3) is 0 Å². The highest BCUT2D eigenvalue weighted by molar-refractivity contribution is 7.18. The minimum absolute atomic E-state index is 0.00790. The van der Waals surface area contributed by atoms with Gasteiger partial charge in [-0.3, -0.25) is 4.79 Å². The molecule has 0 fully saturated rings. The van der Waals surface area contributed by atoms with Crippen LogP contribution in [0, 0.1) is 0 Å². The topological polar surface area (TPSA) is 17.1 Å². The highest BCUT2D eigenvalue weighted by Gasteiger charge is 2.04. The van der Waals surface area contributed by atoms with Gasteiger partial charge in [-0.2, -0.15) is 0 Å². The molecule has 0 unspecified atom stereocenters. The van der Waals surface area contributed by atoms with Crippen molar-refractivity contribution < 1.29 is 4.79 Å². The molecule has 2 aromatic rings. The molecule has 3 heteroatoms. The molecule has 0 aliphatic carbocycles. The lowest BCUT2D eigenvalue weighted by Crippen LogP contribution is -1.88. The summed E-state index contributed by atoms with van der Waals surface area (Å²) in [7, 11) is 0. The third-order valence-corrected chi connectivity index (χ3v) is 3.88. The van der Waals surface area contributed by atoms with E-state index in [4.69, 9.17) is 11.6 Å². The Bertz CT molecular complexity index is 566. The predicted octanol–water partition coefficient (Wildman–Crippen LogP) is 4.86. The summed E-state index contributed by atoms with van der Waals surface area (Å²) in [6.45, 7) is 2.12. The Morgan fingerprint density at radius 1 is 1.22 bits per heavy atom. The molecule has 1 aromatic carbocycles. The normalized spacial score (nSPS) is 11.0. The van der Waals surface area contributed by atoms with E-state index in [1.54, 1.807) is 18.2 Å². The Hall–Kier alpha value is -1.38. The van der Waals surface area contributed by atoms with E-state index in [9.17, 15) is 4.79 Å². The lowest BCUT2D eigenvalue weighted by atomic mass is 10.1. The minimum atomic E-state index is -0.00790. The summed E-state index contributed by atoms with van der Waals surface area (Å²) in [5.74, 6) is -0.00790. The van der Waals surface area contributed by atoms with E-state index in [0.29, 0.717) is 9.21 Å². The fourth-order valence-corrected chi connectivity index (χ4v) is 2.53. The average Bonchev–Trinajstić information content (AvgIpc) is 2.83. The van der Waals surface area contributed by atoms with Crippen molar-refractivity contribution in [3.8, 4) is 0 Å². The molecule has 18 heavy (non-hydrogen) atoms. The number of ketones is 1. The van der Waals surface area contributed by atoms with Crippen LogP contribution in [0.15, 0.2) is 42.5 Å². The van der Waals surface area contributed by atoms with Crippen molar-refractivity contribution in [1.82, 2.24) is 0 Å². The van der Waals surface area contributed by atoms with E-state index < -0.39 is 0 Å². The summed E-state index contributed by atoms with van der Waals surface area (Å²) in [4.78, 5) is 12.5. The van der Waals surface area contributed by atoms with Crippen LogP contribution in [-0.2, 0) is 6.42 Å². The molecular formula is C15H13ClOS. The van der Waals surface area contributed by atoms with Crippen LogP contribution in [0.25, 0.3) is 6.08 Å². The van der Waals surface area contributed by atoms with Crippen LogP contribution in [-0.4, -0.2) is 5.78 Å². The molecule has 0 atom stereocenters. The number of allylic oxidation sites excluding steroid dienone is 1. The van der Waals surface area contributed by atoms with Crippen molar-refractivity contribution in [2.24, 2.45) is 0 Å². The Morgan fingerprint density at radius 2 is 1.94 bits per heavy atom. The van der Waals surface area contributed by atoms with Crippen molar-refractivity contribution in [2.45, 2.75) is 13.3 Å². The molecule has 1 nitrogen and oxygen atoms in total. The van der Waals surface area contributed by atoms with Gasteiger partial charge in [-0.25, -0.2) is 0 Å². The Labute approximate surface area is 116 Å². The van der Waals surface area contributed by atoms with Gasteiger partial charge in [0.1, 0.15) is 0 Å². The average molecular weight is 277 g/mol. The second-order valence-corrected chi connectivity index (χ2v) is 5.61. The largest absolute Gasteiger partial charge is 0.288 e. The quantitative estimate of drug-likeness (QED) is 0.576. The molecule has 0 bridgehead atoms. The zero-order valence-corrected chi connectivity index (χ0v) is 11.6. The molecule has 0 radical (unpaired) electrons. The van der Waals surface area contributed by atoms with Crippen molar-refractivity contribution >= 4 is 34.8 Å². The zero-order chi connectivity index (χ0) is 13.0. The summed E-state index contributed by atoms with van der Waals surface area (Å²) in [5.41, 5.74) is 2.33. The van der Waals surface area contributed by atoms with E-state index in [-0.39, 0.29) is 5.78 Å². The number of carbonyl (C=O) groups excluding carboxylic acids is 1. The van der Waals surface area contributed by atoms with Crippen molar-refractivity contribution in [2.75, 3.05) is 0 Å². The molecule has 0 aliphatic heterocycles. The van der Waals surface area contributed by atoms with Crippen LogP contribution >= 0.6 is 22.9 Å². The van der Waals surface area contributed by atoms with Gasteiger partial charge in [0.2, 0.25) is 0 Å². The maximum Gasteiger partial charge on any atom is 0.195 e. The number of hydrogen-bond donors (Lipinski definition) is 0. The number of aryl methyl sites for hydroxylation is 1. The van der Waals surface area contributed by atoms with Crippen molar-refractivity contribution in [3.63, 3.8) is 0 Å². The molecule has 0 spiro atoms. The number of benzene rings is 1. The monoisotopic (exact) mass is 276 g/mol. The van der Waals surface area contributed by atoms with E-state index in [1.807, 2.05) is 18.2 Å². The molecule has 0 aliphatic rings. The lowest BCUT2D eigenvalue weighted by Gasteiger charge is -1.96. The lowest BCUT2D eigenvalue weighted by molar-refractivity contribution is 0.105. The van der Waals surface area contributed by atoms with Gasteiger partial charge in [0.15, 0.2) is 5.78 Å². The van der Waals surface area contributed by atoms with E-state index in [0.717, 1.165) is 12.0 Å². The van der Waals surface area contributed by atoms with E-state index in [2.05, 4.69) is 19.1 Å². The first kappa shape index (κ1) is 13.1. The van der Waals surface area contributed by atoms with Gasteiger partial charge in [-0.1, -0.05) is 48.9 Å². The van der Waals surface area contributed by atoms with Crippen molar-refractivity contribution in [1.29, 1.82) is 0 Å². The molecule has 1 aromatic heterocycles. The predicted molar refractivity (Wildman–Crippen MR) is 78.5 cm³/mol. The smallest absolute Gasteiger partial charge is 0.195 e. The van der Waals surface area contributed by atoms with Gasteiger partial charge in [0, 0.05) is 0 Å². The Kier molecular flexibility index (Phi) is 4.34. The molecule has 0 N–H and O–H groups in total. The first-order chi connectivity index (χ1) is 8.69. The first-order valence-electron chi connectivity index (χ1n) is 5.75. The summed E-state index contributed by atoms with van der Waals surface area (Å²) < 4.78 is 0.638. The second-order valence-electron chi connectivity index (χ2n) is 3.90. The second kappa shape index (κ2) is 5.98. The van der Waals surface area contributed by atoms with Crippen LogP contribution in [0.5, 0.6) is 0 Å². The third-order valence-electron chi connectivity index (χ3n) is 2.63. The van der Waals surface area contributed by atoms with Gasteiger partial charge >= 0.3 is 0 Å². The van der Waals surface area contributed by atoms with Gasteiger partial charge in [-0.15, -0.1) is 11.3 Å². The number of carbonyl (C=O) groups is 1. The molecule has 2 rings (SSSR count).